The maximum absolute atomic E-state index is 13.4. The van der Waals surface area contributed by atoms with Crippen LogP contribution in [0.4, 0.5) is 4.39 Å². The van der Waals surface area contributed by atoms with Crippen LogP contribution in [0.15, 0.2) is 24.3 Å². The molecule has 2 aliphatic heterocycles. The second kappa shape index (κ2) is 7.76. The lowest BCUT2D eigenvalue weighted by Crippen LogP contribution is -2.35. The summed E-state index contributed by atoms with van der Waals surface area (Å²) >= 11 is 0. The molecule has 7 heteroatoms. The fraction of sp³-hybridized carbons (Fsp3) is 0.550. The Labute approximate surface area is 159 Å². The Balaban J connectivity index is 1.43. The van der Waals surface area contributed by atoms with E-state index in [1.165, 1.54) is 18.6 Å². The van der Waals surface area contributed by atoms with E-state index in [0.717, 1.165) is 43.3 Å². The van der Waals surface area contributed by atoms with Crippen LogP contribution in [0.2, 0.25) is 0 Å². The molecule has 0 saturated carbocycles. The first kappa shape index (κ1) is 18.1. The van der Waals surface area contributed by atoms with Crippen LogP contribution in [0.5, 0.6) is 0 Å². The van der Waals surface area contributed by atoms with Gasteiger partial charge in [-0.3, -0.25) is 4.79 Å². The van der Waals surface area contributed by atoms with E-state index in [2.05, 4.69) is 26.7 Å². The van der Waals surface area contributed by atoms with E-state index in [-0.39, 0.29) is 18.1 Å². The average molecular weight is 371 g/mol. The number of fused-ring (bicyclic) bond motifs is 1. The Morgan fingerprint density at radius 3 is 2.93 bits per heavy atom. The van der Waals surface area contributed by atoms with Crippen molar-refractivity contribution in [1.29, 1.82) is 0 Å². The predicted molar refractivity (Wildman–Crippen MR) is 99.9 cm³/mol. The number of hydrogen-bond donors (Lipinski definition) is 0. The van der Waals surface area contributed by atoms with Crippen LogP contribution >= 0.6 is 0 Å². The Morgan fingerprint density at radius 1 is 1.22 bits per heavy atom. The molecule has 1 amide bonds. The molecule has 0 bridgehead atoms. The summed E-state index contributed by atoms with van der Waals surface area (Å²) in [5.41, 5.74) is 0.717. The van der Waals surface area contributed by atoms with E-state index in [1.807, 2.05) is 4.90 Å². The number of carbonyl (C=O) groups excluding carboxylic acids is 1. The van der Waals surface area contributed by atoms with E-state index in [1.54, 1.807) is 12.1 Å². The van der Waals surface area contributed by atoms with Gasteiger partial charge in [-0.05, 0) is 44.1 Å². The number of rotatable bonds is 3. The average Bonchev–Trinajstić information content (AvgIpc) is 2.93. The number of piperidine rings is 1. The molecule has 3 heterocycles. The van der Waals surface area contributed by atoms with Gasteiger partial charge in [-0.15, -0.1) is 10.2 Å². The van der Waals surface area contributed by atoms with Crippen molar-refractivity contribution < 1.29 is 9.18 Å². The summed E-state index contributed by atoms with van der Waals surface area (Å²) in [4.78, 5) is 16.9. The van der Waals surface area contributed by atoms with E-state index in [0.29, 0.717) is 25.4 Å². The highest BCUT2D eigenvalue weighted by Crippen LogP contribution is 2.26. The van der Waals surface area contributed by atoms with Gasteiger partial charge in [0.25, 0.3) is 0 Å². The summed E-state index contributed by atoms with van der Waals surface area (Å²) in [6.45, 7) is 4.17. The molecule has 2 aromatic rings. The summed E-state index contributed by atoms with van der Waals surface area (Å²) < 4.78 is 15.6. The fourth-order valence-corrected chi connectivity index (χ4v) is 4.21. The first-order valence-corrected chi connectivity index (χ1v) is 9.73. The molecule has 27 heavy (non-hydrogen) atoms. The van der Waals surface area contributed by atoms with E-state index in [4.69, 9.17) is 0 Å². The van der Waals surface area contributed by atoms with E-state index in [9.17, 15) is 9.18 Å². The standard InChI is InChI=1S/C20H26FN5O/c1-24-8-3-5-16(14-24)20-23-22-18-7-9-25(10-11-26(18)20)19(27)13-15-4-2-6-17(21)12-15/h2,4,6,12,16H,3,5,7-11,13-14H2,1H3/t16-/m0/s1. The van der Waals surface area contributed by atoms with Crippen molar-refractivity contribution in [3.8, 4) is 0 Å². The first-order valence-electron chi connectivity index (χ1n) is 9.73. The molecule has 2 aliphatic rings. The normalized spacial score (nSPS) is 21.0. The van der Waals surface area contributed by atoms with Crippen LogP contribution in [0.25, 0.3) is 0 Å². The number of likely N-dealkylation sites (tertiary alicyclic amines) is 1. The third kappa shape index (κ3) is 4.03. The predicted octanol–water partition coefficient (Wildman–Crippen LogP) is 1.85. The van der Waals surface area contributed by atoms with Crippen LogP contribution < -0.4 is 0 Å². The van der Waals surface area contributed by atoms with Crippen molar-refractivity contribution in [3.05, 3.63) is 47.3 Å². The van der Waals surface area contributed by atoms with Crippen LogP contribution in [0, 0.1) is 5.82 Å². The monoisotopic (exact) mass is 371 g/mol. The molecule has 1 saturated heterocycles. The van der Waals surface area contributed by atoms with Gasteiger partial charge in [0.1, 0.15) is 17.5 Å². The fourth-order valence-electron chi connectivity index (χ4n) is 4.21. The highest BCUT2D eigenvalue weighted by molar-refractivity contribution is 5.78. The van der Waals surface area contributed by atoms with Crippen molar-refractivity contribution in [3.63, 3.8) is 0 Å². The minimum atomic E-state index is -0.301. The van der Waals surface area contributed by atoms with Crippen LogP contribution in [-0.2, 0) is 24.2 Å². The Hall–Kier alpha value is -2.28. The maximum atomic E-state index is 13.4. The van der Waals surface area contributed by atoms with Gasteiger partial charge in [-0.1, -0.05) is 12.1 Å². The zero-order chi connectivity index (χ0) is 18.8. The lowest BCUT2D eigenvalue weighted by Gasteiger charge is -2.29. The Morgan fingerprint density at radius 2 is 2.11 bits per heavy atom. The molecule has 1 aromatic carbocycles. The van der Waals surface area contributed by atoms with Crippen molar-refractivity contribution in [2.45, 2.75) is 38.1 Å². The zero-order valence-electron chi connectivity index (χ0n) is 15.8. The highest BCUT2D eigenvalue weighted by atomic mass is 19.1. The number of likely N-dealkylation sites (N-methyl/N-ethyl adjacent to an activating group) is 1. The van der Waals surface area contributed by atoms with Gasteiger partial charge >= 0.3 is 0 Å². The molecular weight excluding hydrogens is 345 g/mol. The quantitative estimate of drug-likeness (QED) is 0.826. The van der Waals surface area contributed by atoms with Crippen molar-refractivity contribution in [2.75, 3.05) is 33.2 Å². The summed E-state index contributed by atoms with van der Waals surface area (Å²) in [5, 5.41) is 8.90. The van der Waals surface area contributed by atoms with Crippen LogP contribution in [0.3, 0.4) is 0 Å². The Bertz CT molecular complexity index is 820. The molecule has 4 rings (SSSR count). The van der Waals surface area contributed by atoms with E-state index >= 15 is 0 Å². The molecule has 0 spiro atoms. The largest absolute Gasteiger partial charge is 0.340 e. The second-order valence-corrected chi connectivity index (χ2v) is 7.66. The molecule has 0 unspecified atom stereocenters. The lowest BCUT2D eigenvalue weighted by molar-refractivity contribution is -0.130. The zero-order valence-corrected chi connectivity index (χ0v) is 15.8. The number of carbonyl (C=O) groups is 1. The van der Waals surface area contributed by atoms with Crippen molar-refractivity contribution in [2.24, 2.45) is 0 Å². The molecule has 6 nitrogen and oxygen atoms in total. The van der Waals surface area contributed by atoms with Crippen LogP contribution in [0.1, 0.15) is 36.0 Å². The van der Waals surface area contributed by atoms with Gasteiger partial charge in [0.05, 0.1) is 6.42 Å². The topological polar surface area (TPSA) is 54.3 Å². The van der Waals surface area contributed by atoms with Gasteiger partial charge in [-0.25, -0.2) is 4.39 Å². The number of benzene rings is 1. The SMILES string of the molecule is CN1CCC[C@H](c2nnc3n2CCN(C(=O)Cc2cccc(F)c2)CC3)C1. The third-order valence-corrected chi connectivity index (χ3v) is 5.64. The molecule has 0 radical (unpaired) electrons. The third-order valence-electron chi connectivity index (χ3n) is 5.64. The molecule has 1 fully saturated rings. The summed E-state index contributed by atoms with van der Waals surface area (Å²) in [7, 11) is 2.15. The van der Waals surface area contributed by atoms with E-state index < -0.39 is 0 Å². The number of aromatic nitrogens is 3. The Kier molecular flexibility index (Phi) is 5.20. The van der Waals surface area contributed by atoms with Crippen molar-refractivity contribution >= 4 is 5.91 Å². The first-order chi connectivity index (χ1) is 13.1. The number of halogens is 1. The molecule has 1 aromatic heterocycles. The van der Waals surface area contributed by atoms with Gasteiger partial charge in [0.2, 0.25) is 5.91 Å². The summed E-state index contributed by atoms with van der Waals surface area (Å²) in [6, 6.07) is 6.28. The number of hydrogen-bond acceptors (Lipinski definition) is 4. The summed E-state index contributed by atoms with van der Waals surface area (Å²) in [6.07, 6.45) is 3.27. The lowest BCUT2D eigenvalue weighted by atomic mass is 9.97. The molecule has 144 valence electrons. The van der Waals surface area contributed by atoms with Gasteiger partial charge < -0.3 is 14.4 Å². The van der Waals surface area contributed by atoms with Gasteiger partial charge in [-0.2, -0.15) is 0 Å². The minimum Gasteiger partial charge on any atom is -0.340 e. The van der Waals surface area contributed by atoms with Gasteiger partial charge in [0.15, 0.2) is 0 Å². The molecular formula is C20H26FN5O. The second-order valence-electron chi connectivity index (χ2n) is 7.66. The van der Waals surface area contributed by atoms with Crippen molar-refractivity contribution in [1.82, 2.24) is 24.6 Å². The minimum absolute atomic E-state index is 0.0401. The molecule has 0 N–H and O–H groups in total. The summed E-state index contributed by atoms with van der Waals surface area (Å²) in [5.74, 6) is 2.19. The number of nitrogens with zero attached hydrogens (tertiary/aromatic N) is 5. The number of amides is 1. The highest BCUT2D eigenvalue weighted by Gasteiger charge is 2.27. The molecule has 0 aliphatic carbocycles. The van der Waals surface area contributed by atoms with Gasteiger partial charge in [0, 0.05) is 38.5 Å². The smallest absolute Gasteiger partial charge is 0.227 e. The maximum Gasteiger partial charge on any atom is 0.227 e. The van der Waals surface area contributed by atoms with Crippen LogP contribution in [-0.4, -0.2) is 63.7 Å². The molecule has 1 atom stereocenters.